The molecule has 1 fully saturated rings. The fourth-order valence-electron chi connectivity index (χ4n) is 1.49. The van der Waals surface area contributed by atoms with Crippen LogP contribution in [0.2, 0.25) is 0 Å². The molecule has 86 valence electrons. The second kappa shape index (κ2) is 4.78. The Labute approximate surface area is 100 Å². The number of pyridine rings is 1. The minimum Gasteiger partial charge on any atom is -0.473 e. The Morgan fingerprint density at radius 2 is 2.50 bits per heavy atom. The molecule has 1 unspecified atom stereocenters. The topological polar surface area (TPSA) is 51.2 Å². The predicted octanol–water partition coefficient (Wildman–Crippen LogP) is 1.64. The molecule has 6 heteroatoms. The zero-order valence-corrected chi connectivity index (χ0v) is 9.96. The number of halogens is 2. The number of aromatic nitrogens is 1. The number of rotatable bonds is 3. The lowest BCUT2D eigenvalue weighted by Crippen LogP contribution is -2.31. The first-order valence-corrected chi connectivity index (χ1v) is 5.67. The van der Waals surface area contributed by atoms with Crippen molar-refractivity contribution in [2.75, 3.05) is 6.61 Å². The largest absolute Gasteiger partial charge is 0.473 e. The van der Waals surface area contributed by atoms with Crippen molar-refractivity contribution in [2.24, 2.45) is 0 Å². The summed E-state index contributed by atoms with van der Waals surface area (Å²) in [5, 5.41) is 2.73. The van der Waals surface area contributed by atoms with Gasteiger partial charge in [0.1, 0.15) is 6.61 Å². The molecule has 0 aliphatic carbocycles. The SMILES string of the molecule is O=C1CCC(COc2ncc(Br)cc2F)N1. The van der Waals surface area contributed by atoms with Crippen molar-refractivity contribution in [3.8, 4) is 5.88 Å². The minimum absolute atomic E-state index is 0.0119. The first-order valence-electron chi connectivity index (χ1n) is 4.88. The predicted molar refractivity (Wildman–Crippen MR) is 58.6 cm³/mol. The van der Waals surface area contributed by atoms with Gasteiger partial charge in [-0.25, -0.2) is 9.37 Å². The van der Waals surface area contributed by atoms with Gasteiger partial charge in [0.05, 0.1) is 6.04 Å². The number of hydrogen-bond acceptors (Lipinski definition) is 3. The normalized spacial score (nSPS) is 19.6. The van der Waals surface area contributed by atoms with E-state index < -0.39 is 5.82 Å². The molecule has 0 aromatic carbocycles. The van der Waals surface area contributed by atoms with E-state index in [4.69, 9.17) is 4.74 Å². The Balaban J connectivity index is 1.92. The Hall–Kier alpha value is -1.17. The highest BCUT2D eigenvalue weighted by Gasteiger charge is 2.21. The number of carbonyl (C=O) groups excluding carboxylic acids is 1. The van der Waals surface area contributed by atoms with Gasteiger partial charge in [-0.05, 0) is 28.4 Å². The number of ether oxygens (including phenoxy) is 1. The van der Waals surface area contributed by atoms with E-state index in [0.29, 0.717) is 10.9 Å². The van der Waals surface area contributed by atoms with Crippen LogP contribution in [0, 0.1) is 5.82 Å². The lowest BCUT2D eigenvalue weighted by atomic mass is 10.2. The lowest BCUT2D eigenvalue weighted by molar-refractivity contribution is -0.119. The molecule has 1 aliphatic heterocycles. The molecular formula is C10H10BrFN2O2. The van der Waals surface area contributed by atoms with Crippen LogP contribution in [0.4, 0.5) is 4.39 Å². The summed E-state index contributed by atoms with van der Waals surface area (Å²) in [5.74, 6) is -0.541. The molecule has 2 rings (SSSR count). The molecule has 0 saturated carbocycles. The van der Waals surface area contributed by atoms with Gasteiger partial charge in [0.25, 0.3) is 5.88 Å². The summed E-state index contributed by atoms with van der Waals surface area (Å²) in [5.41, 5.74) is 0. The van der Waals surface area contributed by atoms with Gasteiger partial charge in [0.2, 0.25) is 5.91 Å². The van der Waals surface area contributed by atoms with Gasteiger partial charge in [0.15, 0.2) is 5.82 Å². The third kappa shape index (κ3) is 2.69. The van der Waals surface area contributed by atoms with Crippen LogP contribution in [0.15, 0.2) is 16.7 Å². The van der Waals surface area contributed by atoms with Crippen molar-refractivity contribution < 1.29 is 13.9 Å². The van der Waals surface area contributed by atoms with Gasteiger partial charge in [-0.2, -0.15) is 0 Å². The molecule has 1 aromatic rings. The summed E-state index contributed by atoms with van der Waals surface area (Å²) < 4.78 is 19.1. The fraction of sp³-hybridized carbons (Fsp3) is 0.400. The summed E-state index contributed by atoms with van der Waals surface area (Å²) in [7, 11) is 0. The van der Waals surface area contributed by atoms with E-state index in [-0.39, 0.29) is 24.4 Å². The summed E-state index contributed by atoms with van der Waals surface area (Å²) in [6.45, 7) is 0.247. The molecule has 0 spiro atoms. The molecule has 1 amide bonds. The lowest BCUT2D eigenvalue weighted by Gasteiger charge is -2.11. The van der Waals surface area contributed by atoms with Gasteiger partial charge >= 0.3 is 0 Å². The van der Waals surface area contributed by atoms with E-state index in [1.165, 1.54) is 12.3 Å². The van der Waals surface area contributed by atoms with Crippen molar-refractivity contribution in [3.05, 3.63) is 22.6 Å². The zero-order valence-electron chi connectivity index (χ0n) is 8.37. The van der Waals surface area contributed by atoms with Crippen LogP contribution in [-0.4, -0.2) is 23.5 Å². The molecule has 1 aliphatic rings. The Bertz CT molecular complexity index is 414. The number of amides is 1. The minimum atomic E-state index is -0.515. The van der Waals surface area contributed by atoms with E-state index >= 15 is 0 Å². The first-order chi connectivity index (χ1) is 7.65. The standard InChI is InChI=1S/C10H10BrFN2O2/c11-6-3-8(12)10(13-4-6)16-5-7-1-2-9(15)14-7/h3-4,7H,1-2,5H2,(H,14,15). The Kier molecular flexibility index (Phi) is 3.38. The van der Waals surface area contributed by atoms with Crippen LogP contribution in [0.1, 0.15) is 12.8 Å². The Morgan fingerprint density at radius 3 is 3.12 bits per heavy atom. The molecule has 4 nitrogen and oxygen atoms in total. The highest BCUT2D eigenvalue weighted by Crippen LogP contribution is 2.18. The summed E-state index contributed by atoms with van der Waals surface area (Å²) in [4.78, 5) is 14.7. The zero-order chi connectivity index (χ0) is 11.5. The second-order valence-corrected chi connectivity index (χ2v) is 4.47. The van der Waals surface area contributed by atoms with Gasteiger partial charge < -0.3 is 10.1 Å². The third-order valence-electron chi connectivity index (χ3n) is 2.28. The van der Waals surface area contributed by atoms with E-state index in [2.05, 4.69) is 26.2 Å². The summed E-state index contributed by atoms with van der Waals surface area (Å²) >= 11 is 3.11. The quantitative estimate of drug-likeness (QED) is 0.920. The molecule has 0 bridgehead atoms. The van der Waals surface area contributed by atoms with E-state index in [9.17, 15) is 9.18 Å². The van der Waals surface area contributed by atoms with Crippen LogP contribution in [0.3, 0.4) is 0 Å². The molecule has 0 radical (unpaired) electrons. The van der Waals surface area contributed by atoms with Crippen LogP contribution in [0.25, 0.3) is 0 Å². The monoisotopic (exact) mass is 288 g/mol. The maximum absolute atomic E-state index is 13.3. The molecule has 16 heavy (non-hydrogen) atoms. The van der Waals surface area contributed by atoms with Crippen LogP contribution < -0.4 is 10.1 Å². The average Bonchev–Trinajstić information content (AvgIpc) is 2.63. The van der Waals surface area contributed by atoms with Crippen LogP contribution >= 0.6 is 15.9 Å². The van der Waals surface area contributed by atoms with Gasteiger partial charge in [-0.1, -0.05) is 0 Å². The van der Waals surface area contributed by atoms with E-state index in [1.807, 2.05) is 0 Å². The molecule has 1 N–H and O–H groups in total. The molecule has 1 atom stereocenters. The maximum atomic E-state index is 13.3. The summed E-state index contributed by atoms with van der Waals surface area (Å²) in [6, 6.07) is 1.24. The Morgan fingerprint density at radius 1 is 1.69 bits per heavy atom. The second-order valence-electron chi connectivity index (χ2n) is 3.55. The smallest absolute Gasteiger partial charge is 0.250 e. The highest BCUT2D eigenvalue weighted by atomic mass is 79.9. The number of carbonyl (C=O) groups is 1. The van der Waals surface area contributed by atoms with Gasteiger partial charge in [0, 0.05) is 17.1 Å². The van der Waals surface area contributed by atoms with Gasteiger partial charge in [-0.3, -0.25) is 4.79 Å². The first kappa shape index (κ1) is 11.3. The highest BCUT2D eigenvalue weighted by molar-refractivity contribution is 9.10. The fourth-order valence-corrected chi connectivity index (χ4v) is 1.79. The molecule has 1 saturated heterocycles. The number of hydrogen-bond donors (Lipinski definition) is 1. The molecular weight excluding hydrogens is 279 g/mol. The third-order valence-corrected chi connectivity index (χ3v) is 2.71. The molecule has 2 heterocycles. The number of nitrogens with zero attached hydrogens (tertiary/aromatic N) is 1. The number of nitrogens with one attached hydrogen (secondary N) is 1. The van der Waals surface area contributed by atoms with Crippen LogP contribution in [-0.2, 0) is 4.79 Å². The van der Waals surface area contributed by atoms with E-state index in [0.717, 1.165) is 6.42 Å². The van der Waals surface area contributed by atoms with Gasteiger partial charge in [-0.15, -0.1) is 0 Å². The van der Waals surface area contributed by atoms with Crippen molar-refractivity contribution in [3.63, 3.8) is 0 Å². The maximum Gasteiger partial charge on any atom is 0.250 e. The van der Waals surface area contributed by atoms with Crippen molar-refractivity contribution >= 4 is 21.8 Å². The van der Waals surface area contributed by atoms with Crippen molar-refractivity contribution in [1.29, 1.82) is 0 Å². The molecule has 1 aromatic heterocycles. The van der Waals surface area contributed by atoms with Crippen molar-refractivity contribution in [1.82, 2.24) is 10.3 Å². The average molecular weight is 289 g/mol. The van der Waals surface area contributed by atoms with E-state index in [1.54, 1.807) is 0 Å². The van der Waals surface area contributed by atoms with Crippen LogP contribution in [0.5, 0.6) is 5.88 Å². The summed E-state index contributed by atoms with van der Waals surface area (Å²) in [6.07, 6.45) is 2.69. The van der Waals surface area contributed by atoms with Crippen molar-refractivity contribution in [2.45, 2.75) is 18.9 Å².